The summed E-state index contributed by atoms with van der Waals surface area (Å²) in [7, 11) is 0. The first-order valence-electron chi connectivity index (χ1n) is 8.79. The van der Waals surface area contributed by atoms with Crippen LogP contribution in [0.25, 0.3) is 0 Å². The van der Waals surface area contributed by atoms with E-state index in [1.165, 1.54) is 13.8 Å². The number of benzene rings is 1. The third kappa shape index (κ3) is 5.85. The van der Waals surface area contributed by atoms with Gasteiger partial charge in [0.2, 0.25) is 0 Å². The van der Waals surface area contributed by atoms with E-state index in [0.29, 0.717) is 17.4 Å². The van der Waals surface area contributed by atoms with Crippen LogP contribution in [0, 0.1) is 26.7 Å². The number of ether oxygens (including phenoxy) is 2. The summed E-state index contributed by atoms with van der Waals surface area (Å²) >= 11 is 0. The molecule has 5 nitrogen and oxygen atoms in total. The minimum atomic E-state index is -0.367. The molecule has 5 heteroatoms. The fraction of sp³-hybridized carbons (Fsp3) is 0.600. The maximum atomic E-state index is 11.5. The molecule has 1 unspecified atom stereocenters. The van der Waals surface area contributed by atoms with Crippen LogP contribution >= 0.6 is 0 Å². The third-order valence-corrected chi connectivity index (χ3v) is 4.54. The predicted molar refractivity (Wildman–Crippen MR) is 97.1 cm³/mol. The molecule has 1 atom stereocenters. The summed E-state index contributed by atoms with van der Waals surface area (Å²) in [5.74, 6) is 0.840. The van der Waals surface area contributed by atoms with Gasteiger partial charge in [-0.15, -0.1) is 0 Å². The summed E-state index contributed by atoms with van der Waals surface area (Å²) in [6.45, 7) is 10.7. The zero-order valence-corrected chi connectivity index (χ0v) is 16.2. The van der Waals surface area contributed by atoms with E-state index in [9.17, 15) is 9.59 Å². The molecule has 0 aliphatic carbocycles. The molecule has 1 aromatic rings. The number of rotatable bonds is 8. The monoisotopic (exact) mass is 350 g/mol. The lowest BCUT2D eigenvalue weighted by atomic mass is 9.91. The van der Waals surface area contributed by atoms with Gasteiger partial charge in [0.25, 0.3) is 0 Å². The quantitative estimate of drug-likeness (QED) is 0.570. The Bertz CT molecular complexity index is 634. The SMILES string of the molecule is CC(=O)Oc1c(C)c(C)c(OC(C)=O)c(CCC(C)CCCO)c1C. The van der Waals surface area contributed by atoms with E-state index < -0.39 is 0 Å². The molecule has 0 aliphatic rings. The third-order valence-electron chi connectivity index (χ3n) is 4.54. The molecule has 0 aliphatic heterocycles. The molecule has 0 saturated carbocycles. The van der Waals surface area contributed by atoms with Gasteiger partial charge in [-0.3, -0.25) is 9.59 Å². The van der Waals surface area contributed by atoms with Crippen LogP contribution < -0.4 is 9.47 Å². The highest BCUT2D eigenvalue weighted by molar-refractivity contribution is 5.74. The van der Waals surface area contributed by atoms with Gasteiger partial charge < -0.3 is 14.6 Å². The standard InChI is InChI=1S/C20H30O5/c1-12(8-7-11-21)9-10-18-15(4)19(24-16(5)22)13(2)14(3)20(18)25-17(6)23/h12,21H,7-11H2,1-6H3. The van der Waals surface area contributed by atoms with Crippen molar-refractivity contribution in [2.75, 3.05) is 6.61 Å². The normalized spacial score (nSPS) is 12.0. The average Bonchev–Trinajstić information content (AvgIpc) is 2.53. The summed E-state index contributed by atoms with van der Waals surface area (Å²) in [6, 6.07) is 0. The predicted octanol–water partition coefficient (Wildman–Crippen LogP) is 3.80. The second kappa shape index (κ2) is 9.56. The van der Waals surface area contributed by atoms with Crippen molar-refractivity contribution in [3.05, 3.63) is 22.3 Å². The van der Waals surface area contributed by atoms with Crippen LogP contribution in [0.4, 0.5) is 0 Å². The Morgan fingerprint density at radius 1 is 0.920 bits per heavy atom. The number of hydrogen-bond acceptors (Lipinski definition) is 5. The summed E-state index contributed by atoms with van der Waals surface area (Å²) in [6.07, 6.45) is 3.34. The molecule has 0 spiro atoms. The molecule has 1 rings (SSSR count). The minimum Gasteiger partial charge on any atom is -0.426 e. The second-order valence-electron chi connectivity index (χ2n) is 6.71. The molecular weight excluding hydrogens is 320 g/mol. The molecule has 0 amide bonds. The van der Waals surface area contributed by atoms with Crippen molar-refractivity contribution in [2.24, 2.45) is 5.92 Å². The van der Waals surface area contributed by atoms with Crippen LogP contribution in [0.3, 0.4) is 0 Å². The van der Waals surface area contributed by atoms with Gasteiger partial charge in [-0.25, -0.2) is 0 Å². The number of carbonyl (C=O) groups is 2. The Kier molecular flexibility index (Phi) is 8.10. The van der Waals surface area contributed by atoms with Crippen molar-refractivity contribution < 1.29 is 24.2 Å². The molecule has 0 fully saturated rings. The van der Waals surface area contributed by atoms with Gasteiger partial charge in [0, 0.05) is 26.0 Å². The van der Waals surface area contributed by atoms with Gasteiger partial charge >= 0.3 is 11.9 Å². The lowest BCUT2D eigenvalue weighted by Gasteiger charge is -2.21. The maximum Gasteiger partial charge on any atom is 0.308 e. The van der Waals surface area contributed by atoms with Gasteiger partial charge in [-0.1, -0.05) is 6.92 Å². The van der Waals surface area contributed by atoms with Crippen molar-refractivity contribution >= 4 is 11.9 Å². The van der Waals surface area contributed by atoms with Gasteiger partial charge in [-0.2, -0.15) is 0 Å². The van der Waals surface area contributed by atoms with E-state index >= 15 is 0 Å². The molecule has 0 bridgehead atoms. The van der Waals surface area contributed by atoms with Crippen molar-refractivity contribution in [1.82, 2.24) is 0 Å². The molecule has 0 aromatic heterocycles. The maximum absolute atomic E-state index is 11.5. The molecule has 1 aromatic carbocycles. The highest BCUT2D eigenvalue weighted by Gasteiger charge is 2.22. The first-order valence-corrected chi connectivity index (χ1v) is 8.79. The Hall–Kier alpha value is -1.88. The number of aliphatic hydroxyl groups excluding tert-OH is 1. The Morgan fingerprint density at radius 3 is 1.96 bits per heavy atom. The van der Waals surface area contributed by atoms with Gasteiger partial charge in [-0.05, 0) is 69.1 Å². The first-order chi connectivity index (χ1) is 11.7. The molecule has 25 heavy (non-hydrogen) atoms. The van der Waals surface area contributed by atoms with E-state index in [1.807, 2.05) is 20.8 Å². The molecular formula is C20H30O5. The van der Waals surface area contributed by atoms with Crippen molar-refractivity contribution in [1.29, 1.82) is 0 Å². The van der Waals surface area contributed by atoms with Crippen molar-refractivity contribution in [3.8, 4) is 11.5 Å². The average molecular weight is 350 g/mol. The van der Waals surface area contributed by atoms with Gasteiger partial charge in [0.15, 0.2) is 0 Å². The smallest absolute Gasteiger partial charge is 0.308 e. The molecule has 0 heterocycles. The number of hydrogen-bond donors (Lipinski definition) is 1. The van der Waals surface area contributed by atoms with Crippen LogP contribution in [0.15, 0.2) is 0 Å². The number of esters is 2. The number of carbonyl (C=O) groups excluding carboxylic acids is 2. The van der Waals surface area contributed by atoms with Gasteiger partial charge in [0.1, 0.15) is 11.5 Å². The van der Waals surface area contributed by atoms with Crippen molar-refractivity contribution in [2.45, 2.75) is 67.2 Å². The van der Waals surface area contributed by atoms with E-state index in [1.54, 1.807) is 0 Å². The molecule has 1 N–H and O–H groups in total. The van der Waals surface area contributed by atoms with Crippen LogP contribution in [-0.4, -0.2) is 23.7 Å². The highest BCUT2D eigenvalue weighted by Crippen LogP contribution is 2.39. The van der Waals surface area contributed by atoms with Crippen LogP contribution in [0.5, 0.6) is 11.5 Å². The largest absolute Gasteiger partial charge is 0.426 e. The van der Waals surface area contributed by atoms with E-state index in [4.69, 9.17) is 14.6 Å². The van der Waals surface area contributed by atoms with Crippen molar-refractivity contribution in [3.63, 3.8) is 0 Å². The topological polar surface area (TPSA) is 72.8 Å². The Morgan fingerprint density at radius 2 is 1.44 bits per heavy atom. The second-order valence-corrected chi connectivity index (χ2v) is 6.71. The zero-order valence-electron chi connectivity index (χ0n) is 16.2. The first kappa shape index (κ1) is 21.2. The zero-order chi connectivity index (χ0) is 19.1. The van der Waals surface area contributed by atoms with E-state index in [-0.39, 0.29) is 18.5 Å². The van der Waals surface area contributed by atoms with E-state index in [0.717, 1.165) is 47.9 Å². The van der Waals surface area contributed by atoms with E-state index in [2.05, 4.69) is 6.92 Å². The number of aliphatic hydroxyl groups is 1. The summed E-state index contributed by atoms with van der Waals surface area (Å²) in [5.41, 5.74) is 3.37. The Labute approximate surface area is 150 Å². The fourth-order valence-corrected chi connectivity index (χ4v) is 3.01. The van der Waals surface area contributed by atoms with Gasteiger partial charge in [0.05, 0.1) is 0 Å². The molecule has 0 saturated heterocycles. The summed E-state index contributed by atoms with van der Waals surface area (Å²) in [4.78, 5) is 23.0. The highest BCUT2D eigenvalue weighted by atomic mass is 16.5. The summed E-state index contributed by atoms with van der Waals surface area (Å²) < 4.78 is 10.9. The van der Waals surface area contributed by atoms with Crippen LogP contribution in [0.1, 0.15) is 62.3 Å². The lowest BCUT2D eigenvalue weighted by Crippen LogP contribution is -2.12. The molecule has 140 valence electrons. The Balaban J connectivity index is 3.27. The fourth-order valence-electron chi connectivity index (χ4n) is 3.01. The summed E-state index contributed by atoms with van der Waals surface area (Å²) in [5, 5.41) is 8.97. The van der Waals surface area contributed by atoms with Crippen LogP contribution in [0.2, 0.25) is 0 Å². The minimum absolute atomic E-state index is 0.197. The lowest BCUT2D eigenvalue weighted by molar-refractivity contribution is -0.133. The molecule has 0 radical (unpaired) electrons. The van der Waals surface area contributed by atoms with Crippen LogP contribution in [-0.2, 0) is 16.0 Å².